The molecule has 0 radical (unpaired) electrons. The zero-order valence-corrected chi connectivity index (χ0v) is 11.7. The molecule has 19 heavy (non-hydrogen) atoms. The van der Waals surface area contributed by atoms with E-state index in [0.717, 1.165) is 10.2 Å². The normalized spacial score (nSPS) is 10.1. The van der Waals surface area contributed by atoms with Gasteiger partial charge in [0, 0.05) is 16.2 Å². The van der Waals surface area contributed by atoms with Gasteiger partial charge in [-0.1, -0.05) is 0 Å². The maximum absolute atomic E-state index is 12.0. The smallest absolute Gasteiger partial charge is 0.257 e. The highest BCUT2D eigenvalue weighted by molar-refractivity contribution is 9.10. The molecule has 0 saturated carbocycles. The summed E-state index contributed by atoms with van der Waals surface area (Å²) in [4.78, 5) is 20.2. The van der Waals surface area contributed by atoms with Crippen molar-refractivity contribution in [1.82, 2.24) is 9.97 Å². The molecule has 0 aliphatic carbocycles. The maximum Gasteiger partial charge on any atom is 0.257 e. The Labute approximate surface area is 118 Å². The summed E-state index contributed by atoms with van der Waals surface area (Å²) in [7, 11) is 0. The second kappa shape index (κ2) is 5.77. The van der Waals surface area contributed by atoms with E-state index in [-0.39, 0.29) is 5.91 Å². The van der Waals surface area contributed by atoms with Crippen LogP contribution in [0.5, 0.6) is 0 Å². The van der Waals surface area contributed by atoms with Crippen molar-refractivity contribution < 1.29 is 4.79 Å². The third kappa shape index (κ3) is 3.27. The van der Waals surface area contributed by atoms with Gasteiger partial charge >= 0.3 is 0 Å². The molecule has 0 aliphatic rings. The number of nitrogens with one attached hydrogen (secondary N) is 2. The summed E-state index contributed by atoms with van der Waals surface area (Å²) in [5, 5.41) is 2.71. The highest BCUT2D eigenvalue weighted by atomic mass is 79.9. The molecule has 0 aromatic carbocycles. The lowest BCUT2D eigenvalue weighted by Crippen LogP contribution is -2.15. The van der Waals surface area contributed by atoms with Gasteiger partial charge < -0.3 is 10.7 Å². The summed E-state index contributed by atoms with van der Waals surface area (Å²) in [5.74, 6) is 5.89. The van der Waals surface area contributed by atoms with E-state index in [1.54, 1.807) is 18.2 Å². The molecular weight excluding hydrogens is 310 g/mol. The standard InChI is InChI=1S/C12H12BrN5O/c1-7-9(13)2-3-10(16-7)17-12(19)8-4-5-15-11(6-8)18-14/h2-6H,14H2,1H3,(H,15,18)(H,16,17,19). The molecule has 2 aromatic rings. The van der Waals surface area contributed by atoms with E-state index < -0.39 is 0 Å². The Morgan fingerprint density at radius 2 is 2.11 bits per heavy atom. The highest BCUT2D eigenvalue weighted by Gasteiger charge is 2.08. The molecule has 98 valence electrons. The van der Waals surface area contributed by atoms with E-state index in [1.807, 2.05) is 13.0 Å². The average molecular weight is 322 g/mol. The summed E-state index contributed by atoms with van der Waals surface area (Å²) in [6.45, 7) is 1.85. The van der Waals surface area contributed by atoms with E-state index in [4.69, 9.17) is 5.84 Å². The molecule has 0 unspecified atom stereocenters. The minimum absolute atomic E-state index is 0.270. The molecule has 0 fully saturated rings. The Hall–Kier alpha value is -1.99. The van der Waals surface area contributed by atoms with Crippen molar-refractivity contribution in [2.75, 3.05) is 10.7 Å². The van der Waals surface area contributed by atoms with Crippen molar-refractivity contribution >= 4 is 33.5 Å². The lowest BCUT2D eigenvalue weighted by molar-refractivity contribution is 0.102. The molecule has 0 aliphatic heterocycles. The average Bonchev–Trinajstić information content (AvgIpc) is 2.43. The number of amides is 1. The Morgan fingerprint density at radius 1 is 1.32 bits per heavy atom. The van der Waals surface area contributed by atoms with Gasteiger partial charge in [0.2, 0.25) is 0 Å². The van der Waals surface area contributed by atoms with Gasteiger partial charge in [-0.2, -0.15) is 0 Å². The molecule has 0 spiro atoms. The molecule has 1 amide bonds. The van der Waals surface area contributed by atoms with E-state index >= 15 is 0 Å². The number of nitrogens with zero attached hydrogens (tertiary/aromatic N) is 2. The second-order valence-corrected chi connectivity index (χ2v) is 4.65. The first-order chi connectivity index (χ1) is 9.10. The van der Waals surface area contributed by atoms with Crippen LogP contribution < -0.4 is 16.6 Å². The fourth-order valence-corrected chi connectivity index (χ4v) is 1.67. The van der Waals surface area contributed by atoms with Gasteiger partial charge in [0.05, 0.1) is 5.69 Å². The van der Waals surface area contributed by atoms with E-state index in [9.17, 15) is 4.79 Å². The van der Waals surface area contributed by atoms with Crippen LogP contribution in [0.1, 0.15) is 16.1 Å². The van der Waals surface area contributed by atoms with Crippen LogP contribution in [0.25, 0.3) is 0 Å². The largest absolute Gasteiger partial charge is 0.308 e. The first kappa shape index (κ1) is 13.4. The van der Waals surface area contributed by atoms with Crippen LogP contribution in [0.15, 0.2) is 34.9 Å². The molecule has 2 aromatic heterocycles. The van der Waals surface area contributed by atoms with Crippen molar-refractivity contribution in [2.45, 2.75) is 6.92 Å². The first-order valence-corrected chi connectivity index (χ1v) is 6.26. The fourth-order valence-electron chi connectivity index (χ4n) is 1.45. The van der Waals surface area contributed by atoms with Gasteiger partial charge in [-0.05, 0) is 47.1 Å². The minimum atomic E-state index is -0.270. The van der Waals surface area contributed by atoms with Gasteiger partial charge in [-0.25, -0.2) is 15.8 Å². The van der Waals surface area contributed by atoms with Crippen molar-refractivity contribution in [3.05, 3.63) is 46.2 Å². The number of hydrogen-bond acceptors (Lipinski definition) is 5. The molecule has 0 saturated heterocycles. The van der Waals surface area contributed by atoms with Gasteiger partial charge in [-0.15, -0.1) is 0 Å². The predicted octanol–water partition coefficient (Wildman–Crippen LogP) is 2.09. The lowest BCUT2D eigenvalue weighted by Gasteiger charge is -2.07. The summed E-state index contributed by atoms with van der Waals surface area (Å²) in [6.07, 6.45) is 1.50. The van der Waals surface area contributed by atoms with E-state index in [0.29, 0.717) is 17.2 Å². The lowest BCUT2D eigenvalue weighted by atomic mass is 10.2. The van der Waals surface area contributed by atoms with E-state index in [1.165, 1.54) is 6.20 Å². The molecule has 7 heteroatoms. The Morgan fingerprint density at radius 3 is 2.79 bits per heavy atom. The molecule has 2 heterocycles. The Balaban J connectivity index is 2.18. The number of anilines is 2. The van der Waals surface area contributed by atoms with Crippen molar-refractivity contribution in [2.24, 2.45) is 5.84 Å². The third-order valence-corrected chi connectivity index (χ3v) is 3.27. The van der Waals surface area contributed by atoms with Crippen molar-refractivity contribution in [3.8, 4) is 0 Å². The SMILES string of the molecule is Cc1nc(NC(=O)c2ccnc(NN)c2)ccc1Br. The maximum atomic E-state index is 12.0. The second-order valence-electron chi connectivity index (χ2n) is 3.79. The summed E-state index contributed by atoms with van der Waals surface area (Å²) in [5.41, 5.74) is 3.64. The monoisotopic (exact) mass is 321 g/mol. The number of aryl methyl sites for hydroxylation is 1. The predicted molar refractivity (Wildman–Crippen MR) is 76.7 cm³/mol. The van der Waals surface area contributed by atoms with Crippen LogP contribution in [0, 0.1) is 6.92 Å². The quantitative estimate of drug-likeness (QED) is 0.594. The van der Waals surface area contributed by atoms with Crippen LogP contribution in [0.2, 0.25) is 0 Å². The number of halogens is 1. The zero-order valence-electron chi connectivity index (χ0n) is 10.1. The number of pyridine rings is 2. The van der Waals surface area contributed by atoms with Gasteiger partial charge in [0.25, 0.3) is 5.91 Å². The van der Waals surface area contributed by atoms with Crippen LogP contribution in [0.3, 0.4) is 0 Å². The van der Waals surface area contributed by atoms with Gasteiger partial charge in [-0.3, -0.25) is 4.79 Å². The molecule has 0 atom stereocenters. The Bertz CT molecular complexity index is 617. The molecular formula is C12H12BrN5O. The summed E-state index contributed by atoms with van der Waals surface area (Å²) < 4.78 is 0.893. The van der Waals surface area contributed by atoms with Crippen LogP contribution in [-0.4, -0.2) is 15.9 Å². The van der Waals surface area contributed by atoms with E-state index in [2.05, 4.69) is 36.6 Å². The van der Waals surface area contributed by atoms with Crippen molar-refractivity contribution in [3.63, 3.8) is 0 Å². The number of nitrogen functional groups attached to an aromatic ring is 1. The summed E-state index contributed by atoms with van der Waals surface area (Å²) in [6, 6.07) is 6.71. The first-order valence-electron chi connectivity index (χ1n) is 5.47. The van der Waals surface area contributed by atoms with Crippen LogP contribution >= 0.6 is 15.9 Å². The molecule has 6 nitrogen and oxygen atoms in total. The molecule has 4 N–H and O–H groups in total. The highest BCUT2D eigenvalue weighted by Crippen LogP contribution is 2.17. The van der Waals surface area contributed by atoms with Crippen LogP contribution in [0.4, 0.5) is 11.6 Å². The summed E-state index contributed by atoms with van der Waals surface area (Å²) >= 11 is 3.35. The number of carbonyl (C=O) groups is 1. The zero-order chi connectivity index (χ0) is 13.8. The minimum Gasteiger partial charge on any atom is -0.308 e. The molecule has 0 bridgehead atoms. The number of nitrogens with two attached hydrogens (primary N) is 1. The fraction of sp³-hybridized carbons (Fsp3) is 0.0833. The molecule has 2 rings (SSSR count). The number of hydrazine groups is 1. The van der Waals surface area contributed by atoms with Crippen LogP contribution in [-0.2, 0) is 0 Å². The number of aromatic nitrogens is 2. The number of carbonyl (C=O) groups excluding carboxylic acids is 1. The van der Waals surface area contributed by atoms with Crippen molar-refractivity contribution in [1.29, 1.82) is 0 Å². The number of rotatable bonds is 3. The number of hydrogen-bond donors (Lipinski definition) is 3. The topological polar surface area (TPSA) is 92.9 Å². The van der Waals surface area contributed by atoms with Gasteiger partial charge in [0.15, 0.2) is 0 Å². The Kier molecular flexibility index (Phi) is 4.08. The van der Waals surface area contributed by atoms with Gasteiger partial charge in [0.1, 0.15) is 11.6 Å². The third-order valence-electron chi connectivity index (χ3n) is 2.43.